The van der Waals surface area contributed by atoms with Gasteiger partial charge in [-0.15, -0.1) is 0 Å². The van der Waals surface area contributed by atoms with Crippen molar-refractivity contribution in [3.8, 4) is 5.75 Å². The van der Waals surface area contributed by atoms with E-state index in [-0.39, 0.29) is 5.91 Å². The summed E-state index contributed by atoms with van der Waals surface area (Å²) in [5, 5.41) is 8.60. The zero-order chi connectivity index (χ0) is 20.8. The minimum atomic E-state index is -0.115. The molecular weight excluding hydrogens is 409 g/mol. The summed E-state index contributed by atoms with van der Waals surface area (Å²) in [5.41, 5.74) is 3.26. The first-order valence-electron chi connectivity index (χ1n) is 9.39. The van der Waals surface area contributed by atoms with Crippen LogP contribution in [0.2, 0.25) is 10.0 Å². The number of benzene rings is 2. The Kier molecular flexibility index (Phi) is 7.18. The molecule has 0 atom stereocenters. The second-order valence-electron chi connectivity index (χ2n) is 6.74. The van der Waals surface area contributed by atoms with Gasteiger partial charge in [-0.3, -0.25) is 9.48 Å². The average Bonchev–Trinajstić information content (AvgIpc) is 2.97. The van der Waals surface area contributed by atoms with Crippen molar-refractivity contribution < 1.29 is 9.53 Å². The van der Waals surface area contributed by atoms with Gasteiger partial charge in [0.05, 0.1) is 21.4 Å². The molecule has 7 heteroatoms. The number of carbonyl (C=O) groups is 1. The Balaban J connectivity index is 1.50. The normalized spacial score (nSPS) is 10.8. The smallest absolute Gasteiger partial charge is 0.251 e. The molecule has 0 radical (unpaired) electrons. The molecule has 5 nitrogen and oxygen atoms in total. The molecule has 0 saturated heterocycles. The van der Waals surface area contributed by atoms with E-state index in [0.29, 0.717) is 41.1 Å². The summed E-state index contributed by atoms with van der Waals surface area (Å²) in [6.07, 6.45) is 0.763. The fraction of sp³-hybridized carbons (Fsp3) is 0.273. The van der Waals surface area contributed by atoms with Crippen LogP contribution in [0.3, 0.4) is 0 Å². The fourth-order valence-corrected chi connectivity index (χ4v) is 3.28. The summed E-state index contributed by atoms with van der Waals surface area (Å²) >= 11 is 12.3. The van der Waals surface area contributed by atoms with Crippen molar-refractivity contribution in [2.24, 2.45) is 0 Å². The lowest BCUT2D eigenvalue weighted by Gasteiger charge is -2.10. The van der Waals surface area contributed by atoms with Crippen molar-refractivity contribution in [2.75, 3.05) is 6.54 Å². The third-order valence-corrected chi connectivity index (χ3v) is 5.40. The van der Waals surface area contributed by atoms with Crippen LogP contribution in [0.15, 0.2) is 48.5 Å². The predicted molar refractivity (Wildman–Crippen MR) is 116 cm³/mol. The van der Waals surface area contributed by atoms with Gasteiger partial charge in [0.15, 0.2) is 0 Å². The van der Waals surface area contributed by atoms with E-state index in [1.807, 2.05) is 54.9 Å². The number of ether oxygens (including phenoxy) is 1. The summed E-state index contributed by atoms with van der Waals surface area (Å²) in [7, 11) is 0. The van der Waals surface area contributed by atoms with Gasteiger partial charge in [-0.25, -0.2) is 0 Å². The number of hydrogen-bond acceptors (Lipinski definition) is 3. The first kappa shape index (κ1) is 21.2. The maximum Gasteiger partial charge on any atom is 0.251 e. The molecule has 29 heavy (non-hydrogen) atoms. The molecule has 152 valence electrons. The highest BCUT2D eigenvalue weighted by atomic mass is 35.5. The Morgan fingerprint density at radius 3 is 2.66 bits per heavy atom. The van der Waals surface area contributed by atoms with Crippen molar-refractivity contribution >= 4 is 29.1 Å². The van der Waals surface area contributed by atoms with Crippen LogP contribution < -0.4 is 10.1 Å². The number of para-hydroxylation sites is 1. The van der Waals surface area contributed by atoms with Crippen molar-refractivity contribution in [2.45, 2.75) is 33.4 Å². The summed E-state index contributed by atoms with van der Waals surface area (Å²) in [4.78, 5) is 12.4. The molecule has 0 aliphatic heterocycles. The number of hydrogen-bond donors (Lipinski definition) is 1. The second-order valence-corrected chi connectivity index (χ2v) is 7.52. The number of nitrogens with zero attached hydrogens (tertiary/aromatic N) is 2. The maximum atomic E-state index is 12.4. The molecule has 0 unspecified atom stereocenters. The number of halogens is 2. The molecular formula is C22H23Cl2N3O2. The van der Waals surface area contributed by atoms with Gasteiger partial charge in [0, 0.05) is 18.7 Å². The number of carbonyl (C=O) groups excluding carboxylic acids is 1. The van der Waals surface area contributed by atoms with Crippen LogP contribution in [0.1, 0.15) is 33.7 Å². The largest absolute Gasteiger partial charge is 0.487 e. The van der Waals surface area contributed by atoms with E-state index in [2.05, 4.69) is 10.4 Å². The van der Waals surface area contributed by atoms with E-state index < -0.39 is 0 Å². The molecule has 3 aromatic rings. The highest BCUT2D eigenvalue weighted by molar-refractivity contribution is 6.32. The molecule has 1 amide bonds. The third kappa shape index (κ3) is 5.52. The number of aryl methyl sites for hydroxylation is 2. The highest BCUT2D eigenvalue weighted by Crippen LogP contribution is 2.24. The van der Waals surface area contributed by atoms with E-state index in [4.69, 9.17) is 27.9 Å². The van der Waals surface area contributed by atoms with Crippen molar-refractivity contribution in [1.82, 2.24) is 15.1 Å². The minimum absolute atomic E-state index is 0.115. The molecule has 0 spiro atoms. The van der Waals surface area contributed by atoms with Crippen molar-refractivity contribution in [1.29, 1.82) is 0 Å². The SMILES string of the molecule is Cc1nn(CCCNC(=O)c2cccc(COc3ccccc3Cl)c2)c(C)c1Cl. The highest BCUT2D eigenvalue weighted by Gasteiger charge is 2.10. The first-order chi connectivity index (χ1) is 14.0. The molecule has 1 heterocycles. The van der Waals surface area contributed by atoms with Crippen LogP contribution >= 0.6 is 23.2 Å². The van der Waals surface area contributed by atoms with E-state index >= 15 is 0 Å². The van der Waals surface area contributed by atoms with E-state index in [0.717, 1.165) is 23.4 Å². The Bertz CT molecular complexity index is 1000. The molecule has 0 aliphatic carbocycles. The Labute approximate surface area is 180 Å². The van der Waals surface area contributed by atoms with Gasteiger partial charge in [0.25, 0.3) is 5.91 Å². The number of amides is 1. The molecule has 0 aliphatic rings. The first-order valence-corrected chi connectivity index (χ1v) is 10.2. The predicted octanol–water partition coefficient (Wildman–Crippen LogP) is 5.21. The zero-order valence-corrected chi connectivity index (χ0v) is 17.9. The van der Waals surface area contributed by atoms with Crippen LogP contribution in [0, 0.1) is 13.8 Å². The molecule has 0 fully saturated rings. The summed E-state index contributed by atoms with van der Waals surface area (Å²) < 4.78 is 7.62. The summed E-state index contributed by atoms with van der Waals surface area (Å²) in [6.45, 7) is 5.41. The topological polar surface area (TPSA) is 56.2 Å². The quantitative estimate of drug-likeness (QED) is 0.498. The lowest BCUT2D eigenvalue weighted by molar-refractivity contribution is 0.0952. The molecule has 3 rings (SSSR count). The van der Waals surface area contributed by atoms with Gasteiger partial charge in [-0.1, -0.05) is 47.5 Å². The van der Waals surface area contributed by atoms with Crippen molar-refractivity contribution in [3.05, 3.63) is 81.1 Å². The molecule has 1 N–H and O–H groups in total. The lowest BCUT2D eigenvalue weighted by atomic mass is 10.1. The average molecular weight is 432 g/mol. The van der Waals surface area contributed by atoms with E-state index in [9.17, 15) is 4.79 Å². The number of aromatic nitrogens is 2. The zero-order valence-electron chi connectivity index (χ0n) is 16.4. The van der Waals surface area contributed by atoms with Gasteiger partial charge in [0.2, 0.25) is 0 Å². The van der Waals surface area contributed by atoms with Gasteiger partial charge in [-0.05, 0) is 50.1 Å². The van der Waals surface area contributed by atoms with Gasteiger partial charge in [-0.2, -0.15) is 5.10 Å². The van der Waals surface area contributed by atoms with Gasteiger partial charge >= 0.3 is 0 Å². The maximum absolute atomic E-state index is 12.4. The standard InChI is InChI=1S/C22H23Cl2N3O2/c1-15-21(24)16(2)27(26-15)12-6-11-25-22(28)18-8-5-7-17(13-18)14-29-20-10-4-3-9-19(20)23/h3-5,7-10,13H,6,11-12,14H2,1-2H3,(H,25,28). The lowest BCUT2D eigenvalue weighted by Crippen LogP contribution is -2.25. The third-order valence-electron chi connectivity index (χ3n) is 4.55. The van der Waals surface area contributed by atoms with Crippen LogP contribution in [0.4, 0.5) is 0 Å². The van der Waals surface area contributed by atoms with E-state index in [1.165, 1.54) is 0 Å². The summed E-state index contributed by atoms with van der Waals surface area (Å²) in [6, 6.07) is 14.7. The molecule has 1 aromatic heterocycles. The van der Waals surface area contributed by atoms with Crippen LogP contribution in [-0.2, 0) is 13.2 Å². The second kappa shape index (κ2) is 9.81. The number of nitrogens with one attached hydrogen (secondary N) is 1. The minimum Gasteiger partial charge on any atom is -0.487 e. The van der Waals surface area contributed by atoms with Crippen LogP contribution in [-0.4, -0.2) is 22.2 Å². The van der Waals surface area contributed by atoms with Gasteiger partial charge in [0.1, 0.15) is 12.4 Å². The fourth-order valence-electron chi connectivity index (χ4n) is 2.95. The van der Waals surface area contributed by atoms with Gasteiger partial charge < -0.3 is 10.1 Å². The van der Waals surface area contributed by atoms with Crippen LogP contribution in [0.25, 0.3) is 0 Å². The summed E-state index contributed by atoms with van der Waals surface area (Å²) in [5.74, 6) is 0.504. The Morgan fingerprint density at radius 1 is 1.14 bits per heavy atom. The monoisotopic (exact) mass is 431 g/mol. The van der Waals surface area contributed by atoms with Crippen LogP contribution in [0.5, 0.6) is 5.75 Å². The Hall–Kier alpha value is -2.50. The Morgan fingerprint density at radius 2 is 1.93 bits per heavy atom. The molecule has 2 aromatic carbocycles. The molecule has 0 saturated carbocycles. The van der Waals surface area contributed by atoms with Crippen molar-refractivity contribution in [3.63, 3.8) is 0 Å². The van der Waals surface area contributed by atoms with E-state index in [1.54, 1.807) is 12.1 Å². The molecule has 0 bridgehead atoms. The number of rotatable bonds is 8.